The largest absolute Gasteiger partial charge is 0.396 e. The van der Waals surface area contributed by atoms with E-state index in [2.05, 4.69) is 5.32 Å². The van der Waals surface area contributed by atoms with Crippen LogP contribution in [-0.2, 0) is 6.54 Å². The van der Waals surface area contributed by atoms with Gasteiger partial charge in [-0.3, -0.25) is 0 Å². The standard InChI is InChI=1S/C10H13F2NO/c11-9-4-8(5-10(12)6-9)7-13-2-1-3-14/h4-6,13-14H,1-3,7H2. The molecule has 2 nitrogen and oxygen atoms in total. The third-order valence-corrected chi connectivity index (χ3v) is 1.76. The molecule has 2 N–H and O–H groups in total. The molecule has 0 spiro atoms. The van der Waals surface area contributed by atoms with E-state index in [1.165, 1.54) is 12.1 Å². The van der Waals surface area contributed by atoms with Crippen LogP contribution in [0.5, 0.6) is 0 Å². The lowest BCUT2D eigenvalue weighted by atomic mass is 10.2. The molecule has 0 fully saturated rings. The molecule has 0 aliphatic rings. The Balaban J connectivity index is 2.42. The first-order valence-corrected chi connectivity index (χ1v) is 4.49. The van der Waals surface area contributed by atoms with Crippen molar-refractivity contribution < 1.29 is 13.9 Å². The summed E-state index contributed by atoms with van der Waals surface area (Å²) >= 11 is 0. The van der Waals surface area contributed by atoms with Gasteiger partial charge in [0.1, 0.15) is 11.6 Å². The highest BCUT2D eigenvalue weighted by Gasteiger charge is 1.99. The molecule has 1 aromatic rings. The molecule has 0 bridgehead atoms. The van der Waals surface area contributed by atoms with Crippen molar-refractivity contribution in [3.63, 3.8) is 0 Å². The zero-order valence-electron chi connectivity index (χ0n) is 7.76. The van der Waals surface area contributed by atoms with Gasteiger partial charge in [-0.05, 0) is 30.7 Å². The lowest BCUT2D eigenvalue weighted by Crippen LogP contribution is -2.15. The van der Waals surface area contributed by atoms with Gasteiger partial charge >= 0.3 is 0 Å². The van der Waals surface area contributed by atoms with Crippen molar-refractivity contribution in [3.05, 3.63) is 35.4 Å². The Hall–Kier alpha value is -1.00. The van der Waals surface area contributed by atoms with Crippen LogP contribution in [0.1, 0.15) is 12.0 Å². The van der Waals surface area contributed by atoms with E-state index in [1.54, 1.807) is 0 Å². The molecule has 0 heterocycles. The molecule has 14 heavy (non-hydrogen) atoms. The van der Waals surface area contributed by atoms with E-state index >= 15 is 0 Å². The minimum atomic E-state index is -0.566. The number of nitrogens with one attached hydrogen (secondary N) is 1. The van der Waals surface area contributed by atoms with Gasteiger partial charge in [0.2, 0.25) is 0 Å². The van der Waals surface area contributed by atoms with Gasteiger partial charge in [0.15, 0.2) is 0 Å². The Kier molecular flexibility index (Phi) is 4.49. The van der Waals surface area contributed by atoms with Crippen LogP contribution in [0.15, 0.2) is 18.2 Å². The highest BCUT2D eigenvalue weighted by molar-refractivity contribution is 5.17. The zero-order valence-corrected chi connectivity index (χ0v) is 7.76. The number of aliphatic hydroxyl groups is 1. The minimum Gasteiger partial charge on any atom is -0.396 e. The minimum absolute atomic E-state index is 0.116. The third-order valence-electron chi connectivity index (χ3n) is 1.76. The Morgan fingerprint density at radius 3 is 2.36 bits per heavy atom. The van der Waals surface area contributed by atoms with Crippen LogP contribution >= 0.6 is 0 Å². The predicted octanol–water partition coefficient (Wildman–Crippen LogP) is 1.44. The molecular weight excluding hydrogens is 188 g/mol. The van der Waals surface area contributed by atoms with Crippen molar-refractivity contribution >= 4 is 0 Å². The molecular formula is C10H13F2NO. The van der Waals surface area contributed by atoms with Crippen molar-refractivity contribution in [1.82, 2.24) is 5.32 Å². The molecule has 0 atom stereocenters. The highest BCUT2D eigenvalue weighted by Crippen LogP contribution is 2.07. The SMILES string of the molecule is OCCCNCc1cc(F)cc(F)c1. The highest BCUT2D eigenvalue weighted by atomic mass is 19.1. The van der Waals surface area contributed by atoms with Crippen LogP contribution in [-0.4, -0.2) is 18.3 Å². The van der Waals surface area contributed by atoms with Gasteiger partial charge in [0.05, 0.1) is 0 Å². The summed E-state index contributed by atoms with van der Waals surface area (Å²) in [4.78, 5) is 0. The molecule has 1 rings (SSSR count). The first kappa shape index (κ1) is 11.1. The Labute approximate surface area is 81.6 Å². The van der Waals surface area contributed by atoms with E-state index in [1.807, 2.05) is 0 Å². The fourth-order valence-electron chi connectivity index (χ4n) is 1.15. The molecule has 0 radical (unpaired) electrons. The van der Waals surface area contributed by atoms with E-state index in [0.717, 1.165) is 6.07 Å². The molecule has 0 aromatic heterocycles. The predicted molar refractivity (Wildman–Crippen MR) is 49.8 cm³/mol. The second-order valence-electron chi connectivity index (χ2n) is 3.03. The van der Waals surface area contributed by atoms with Crippen molar-refractivity contribution in [2.24, 2.45) is 0 Å². The van der Waals surface area contributed by atoms with Crippen molar-refractivity contribution in [1.29, 1.82) is 0 Å². The summed E-state index contributed by atoms with van der Waals surface area (Å²) in [6.07, 6.45) is 0.637. The average Bonchev–Trinajstić information content (AvgIpc) is 2.11. The van der Waals surface area contributed by atoms with Gasteiger partial charge in [-0.15, -0.1) is 0 Å². The van der Waals surface area contributed by atoms with Gasteiger partial charge in [0, 0.05) is 19.2 Å². The summed E-state index contributed by atoms with van der Waals surface area (Å²) < 4.78 is 25.4. The Morgan fingerprint density at radius 1 is 1.14 bits per heavy atom. The lowest BCUT2D eigenvalue weighted by molar-refractivity contribution is 0.286. The van der Waals surface area contributed by atoms with Crippen LogP contribution < -0.4 is 5.32 Å². The number of hydrogen-bond acceptors (Lipinski definition) is 2. The van der Waals surface area contributed by atoms with E-state index in [-0.39, 0.29) is 6.61 Å². The Morgan fingerprint density at radius 2 is 1.79 bits per heavy atom. The number of hydrogen-bond donors (Lipinski definition) is 2. The summed E-state index contributed by atoms with van der Waals surface area (Å²) in [7, 11) is 0. The molecule has 0 saturated heterocycles. The molecule has 4 heteroatoms. The van der Waals surface area contributed by atoms with Gasteiger partial charge in [-0.2, -0.15) is 0 Å². The van der Waals surface area contributed by atoms with Gasteiger partial charge in [-0.25, -0.2) is 8.78 Å². The summed E-state index contributed by atoms with van der Waals surface area (Å²) in [5.74, 6) is -1.13. The van der Waals surface area contributed by atoms with Crippen molar-refractivity contribution in [2.75, 3.05) is 13.2 Å². The zero-order chi connectivity index (χ0) is 10.4. The molecule has 0 saturated carbocycles. The fourth-order valence-corrected chi connectivity index (χ4v) is 1.15. The van der Waals surface area contributed by atoms with Crippen molar-refractivity contribution in [2.45, 2.75) is 13.0 Å². The number of aliphatic hydroxyl groups excluding tert-OH is 1. The lowest BCUT2D eigenvalue weighted by Gasteiger charge is -2.03. The summed E-state index contributed by atoms with van der Waals surface area (Å²) in [6, 6.07) is 3.42. The van der Waals surface area contributed by atoms with E-state index in [0.29, 0.717) is 25.1 Å². The number of rotatable bonds is 5. The van der Waals surface area contributed by atoms with Gasteiger partial charge < -0.3 is 10.4 Å². The van der Waals surface area contributed by atoms with Crippen LogP contribution in [0, 0.1) is 11.6 Å². The topological polar surface area (TPSA) is 32.3 Å². The second-order valence-corrected chi connectivity index (χ2v) is 3.03. The Bertz CT molecular complexity index is 271. The monoisotopic (exact) mass is 201 g/mol. The van der Waals surface area contributed by atoms with Crippen molar-refractivity contribution in [3.8, 4) is 0 Å². The maximum absolute atomic E-state index is 12.7. The molecule has 1 aromatic carbocycles. The van der Waals surface area contributed by atoms with Gasteiger partial charge in [0.25, 0.3) is 0 Å². The summed E-state index contributed by atoms with van der Waals surface area (Å²) in [5, 5.41) is 11.5. The third kappa shape index (κ3) is 3.81. The smallest absolute Gasteiger partial charge is 0.126 e. The quantitative estimate of drug-likeness (QED) is 0.706. The van der Waals surface area contributed by atoms with Gasteiger partial charge in [-0.1, -0.05) is 0 Å². The average molecular weight is 201 g/mol. The van der Waals surface area contributed by atoms with Crippen LogP contribution in [0.4, 0.5) is 8.78 Å². The molecule has 0 aliphatic heterocycles. The normalized spacial score (nSPS) is 10.5. The second kappa shape index (κ2) is 5.67. The van der Waals surface area contributed by atoms with Crippen LogP contribution in [0.2, 0.25) is 0 Å². The van der Waals surface area contributed by atoms with E-state index < -0.39 is 11.6 Å². The van der Waals surface area contributed by atoms with Crippen LogP contribution in [0.3, 0.4) is 0 Å². The summed E-state index contributed by atoms with van der Waals surface area (Å²) in [5.41, 5.74) is 0.570. The number of benzene rings is 1. The molecule has 0 amide bonds. The summed E-state index contributed by atoms with van der Waals surface area (Å²) in [6.45, 7) is 1.16. The van der Waals surface area contributed by atoms with Crippen LogP contribution in [0.25, 0.3) is 0 Å². The van der Waals surface area contributed by atoms with E-state index in [4.69, 9.17) is 5.11 Å². The first-order valence-electron chi connectivity index (χ1n) is 4.49. The first-order chi connectivity index (χ1) is 6.72. The molecule has 0 aliphatic carbocycles. The van der Waals surface area contributed by atoms with E-state index in [9.17, 15) is 8.78 Å². The maximum atomic E-state index is 12.7. The maximum Gasteiger partial charge on any atom is 0.126 e. The molecule has 0 unspecified atom stereocenters. The fraction of sp³-hybridized carbons (Fsp3) is 0.400. The number of halogens is 2. The molecule has 78 valence electrons.